The Hall–Kier alpha value is -1.84. The van der Waals surface area contributed by atoms with E-state index in [1.807, 2.05) is 24.3 Å². The van der Waals surface area contributed by atoms with Gasteiger partial charge < -0.3 is 9.73 Å². The fourth-order valence-electron chi connectivity index (χ4n) is 1.83. The van der Waals surface area contributed by atoms with Gasteiger partial charge in [0.1, 0.15) is 0 Å². The summed E-state index contributed by atoms with van der Waals surface area (Å²) in [5.74, 6) is 1.16. The van der Waals surface area contributed by atoms with Crippen molar-refractivity contribution in [3.63, 3.8) is 0 Å². The molecule has 1 aromatic carbocycles. The SMILES string of the molecule is CCCCCNc1ccccc1-c1nnc(C)o1. The molecular weight excluding hydrogens is 226 g/mol. The van der Waals surface area contributed by atoms with Crippen LogP contribution >= 0.6 is 0 Å². The molecule has 18 heavy (non-hydrogen) atoms. The lowest BCUT2D eigenvalue weighted by atomic mass is 10.1. The third kappa shape index (κ3) is 3.09. The van der Waals surface area contributed by atoms with E-state index in [-0.39, 0.29) is 0 Å². The Morgan fingerprint density at radius 3 is 2.72 bits per heavy atom. The molecule has 4 heteroatoms. The number of para-hydroxylation sites is 1. The summed E-state index contributed by atoms with van der Waals surface area (Å²) in [7, 11) is 0. The Bertz CT molecular complexity index is 493. The van der Waals surface area contributed by atoms with Crippen LogP contribution in [0.15, 0.2) is 28.7 Å². The second kappa shape index (κ2) is 6.19. The Morgan fingerprint density at radius 2 is 2.00 bits per heavy atom. The number of hydrogen-bond donors (Lipinski definition) is 1. The van der Waals surface area contributed by atoms with Crippen LogP contribution in [0.25, 0.3) is 11.5 Å². The average Bonchev–Trinajstić information content (AvgIpc) is 2.82. The third-order valence-corrected chi connectivity index (χ3v) is 2.78. The van der Waals surface area contributed by atoms with Gasteiger partial charge in [-0.05, 0) is 18.6 Å². The molecule has 0 amide bonds. The van der Waals surface area contributed by atoms with E-state index in [0.29, 0.717) is 11.8 Å². The van der Waals surface area contributed by atoms with Gasteiger partial charge in [0.05, 0.1) is 5.56 Å². The van der Waals surface area contributed by atoms with E-state index in [4.69, 9.17) is 4.42 Å². The zero-order valence-electron chi connectivity index (χ0n) is 10.9. The van der Waals surface area contributed by atoms with Gasteiger partial charge in [-0.1, -0.05) is 31.9 Å². The fraction of sp³-hybridized carbons (Fsp3) is 0.429. The molecule has 96 valence electrons. The first-order valence-corrected chi connectivity index (χ1v) is 6.44. The first kappa shape index (κ1) is 12.6. The van der Waals surface area contributed by atoms with E-state index < -0.39 is 0 Å². The van der Waals surface area contributed by atoms with Crippen LogP contribution in [0.4, 0.5) is 5.69 Å². The van der Waals surface area contributed by atoms with Gasteiger partial charge in [0.2, 0.25) is 11.8 Å². The monoisotopic (exact) mass is 245 g/mol. The average molecular weight is 245 g/mol. The van der Waals surface area contributed by atoms with Crippen LogP contribution in [0.5, 0.6) is 0 Å². The molecule has 0 aliphatic heterocycles. The molecule has 1 heterocycles. The summed E-state index contributed by atoms with van der Waals surface area (Å²) in [6, 6.07) is 8.02. The fourth-order valence-corrected chi connectivity index (χ4v) is 1.83. The predicted molar refractivity (Wildman–Crippen MR) is 72.5 cm³/mol. The number of aryl methyl sites for hydroxylation is 1. The molecule has 0 unspecified atom stereocenters. The number of aromatic nitrogens is 2. The van der Waals surface area contributed by atoms with E-state index in [9.17, 15) is 0 Å². The number of nitrogens with one attached hydrogen (secondary N) is 1. The van der Waals surface area contributed by atoms with Crippen LogP contribution in [0.2, 0.25) is 0 Å². The van der Waals surface area contributed by atoms with Gasteiger partial charge in [0.25, 0.3) is 0 Å². The Morgan fingerprint density at radius 1 is 1.17 bits per heavy atom. The molecule has 2 rings (SSSR count). The molecule has 0 atom stereocenters. The van der Waals surface area contributed by atoms with Crippen molar-refractivity contribution in [2.45, 2.75) is 33.1 Å². The number of rotatable bonds is 6. The highest BCUT2D eigenvalue weighted by molar-refractivity contribution is 5.72. The summed E-state index contributed by atoms with van der Waals surface area (Å²) in [6.07, 6.45) is 3.65. The predicted octanol–water partition coefficient (Wildman–Crippen LogP) is 3.65. The van der Waals surface area contributed by atoms with Gasteiger partial charge in [-0.2, -0.15) is 0 Å². The summed E-state index contributed by atoms with van der Waals surface area (Å²) in [5, 5.41) is 11.4. The summed E-state index contributed by atoms with van der Waals surface area (Å²) in [4.78, 5) is 0. The molecule has 1 N–H and O–H groups in total. The maximum Gasteiger partial charge on any atom is 0.249 e. The van der Waals surface area contributed by atoms with Crippen LogP contribution in [-0.2, 0) is 0 Å². The van der Waals surface area contributed by atoms with Crippen LogP contribution in [0.1, 0.15) is 32.1 Å². The summed E-state index contributed by atoms with van der Waals surface area (Å²) < 4.78 is 5.48. The molecule has 0 saturated heterocycles. The van der Waals surface area contributed by atoms with Crippen molar-refractivity contribution in [1.29, 1.82) is 0 Å². The highest BCUT2D eigenvalue weighted by Crippen LogP contribution is 2.26. The molecule has 4 nitrogen and oxygen atoms in total. The number of unbranched alkanes of at least 4 members (excludes halogenated alkanes) is 2. The second-order valence-electron chi connectivity index (χ2n) is 4.31. The van der Waals surface area contributed by atoms with Crippen molar-refractivity contribution in [2.24, 2.45) is 0 Å². The molecule has 0 saturated carbocycles. The van der Waals surface area contributed by atoms with Crippen LogP contribution in [0, 0.1) is 6.92 Å². The molecule has 1 aromatic heterocycles. The maximum atomic E-state index is 5.48. The first-order valence-electron chi connectivity index (χ1n) is 6.44. The third-order valence-electron chi connectivity index (χ3n) is 2.78. The normalized spacial score (nSPS) is 10.6. The van der Waals surface area contributed by atoms with Gasteiger partial charge >= 0.3 is 0 Å². The number of hydrogen-bond acceptors (Lipinski definition) is 4. The lowest BCUT2D eigenvalue weighted by Gasteiger charge is -2.09. The van der Waals surface area contributed by atoms with E-state index in [0.717, 1.165) is 17.8 Å². The summed E-state index contributed by atoms with van der Waals surface area (Å²) in [6.45, 7) is 4.97. The zero-order chi connectivity index (χ0) is 12.8. The Labute approximate surface area is 107 Å². The topological polar surface area (TPSA) is 51.0 Å². The van der Waals surface area contributed by atoms with Crippen molar-refractivity contribution in [3.05, 3.63) is 30.2 Å². The molecule has 0 spiro atoms. The molecule has 0 bridgehead atoms. The highest BCUT2D eigenvalue weighted by atomic mass is 16.4. The van der Waals surface area contributed by atoms with Gasteiger partial charge in [-0.3, -0.25) is 0 Å². The molecule has 0 radical (unpaired) electrons. The van der Waals surface area contributed by atoms with Gasteiger partial charge in [-0.15, -0.1) is 10.2 Å². The minimum absolute atomic E-state index is 0.575. The standard InChI is InChI=1S/C14H19N3O/c1-3-4-7-10-15-13-9-6-5-8-12(13)14-17-16-11(2)18-14/h5-6,8-9,15H,3-4,7,10H2,1-2H3. The molecule has 0 aliphatic rings. The largest absolute Gasteiger partial charge is 0.421 e. The number of nitrogens with zero attached hydrogens (tertiary/aromatic N) is 2. The molecule has 0 fully saturated rings. The van der Waals surface area contributed by atoms with Crippen molar-refractivity contribution in [3.8, 4) is 11.5 Å². The van der Waals surface area contributed by atoms with Crippen LogP contribution in [0.3, 0.4) is 0 Å². The lowest BCUT2D eigenvalue weighted by molar-refractivity contribution is 0.533. The maximum absolute atomic E-state index is 5.48. The van der Waals surface area contributed by atoms with Crippen LogP contribution < -0.4 is 5.32 Å². The molecular formula is C14H19N3O. The Balaban J connectivity index is 2.10. The number of benzene rings is 1. The zero-order valence-corrected chi connectivity index (χ0v) is 10.9. The minimum atomic E-state index is 0.575. The van der Waals surface area contributed by atoms with E-state index >= 15 is 0 Å². The minimum Gasteiger partial charge on any atom is -0.421 e. The van der Waals surface area contributed by atoms with Crippen LogP contribution in [-0.4, -0.2) is 16.7 Å². The molecule has 0 aliphatic carbocycles. The highest BCUT2D eigenvalue weighted by Gasteiger charge is 2.10. The lowest BCUT2D eigenvalue weighted by Crippen LogP contribution is -2.02. The van der Waals surface area contributed by atoms with Gasteiger partial charge in [-0.25, -0.2) is 0 Å². The second-order valence-corrected chi connectivity index (χ2v) is 4.31. The first-order chi connectivity index (χ1) is 8.81. The van der Waals surface area contributed by atoms with E-state index in [1.54, 1.807) is 6.92 Å². The summed E-state index contributed by atoms with van der Waals surface area (Å²) >= 11 is 0. The van der Waals surface area contributed by atoms with Crippen molar-refractivity contribution >= 4 is 5.69 Å². The van der Waals surface area contributed by atoms with Crippen molar-refractivity contribution < 1.29 is 4.42 Å². The van der Waals surface area contributed by atoms with Gasteiger partial charge in [0.15, 0.2) is 0 Å². The van der Waals surface area contributed by atoms with Crippen molar-refractivity contribution in [1.82, 2.24) is 10.2 Å². The Kier molecular flexibility index (Phi) is 4.34. The molecule has 2 aromatic rings. The summed E-state index contributed by atoms with van der Waals surface area (Å²) in [5.41, 5.74) is 2.02. The smallest absolute Gasteiger partial charge is 0.249 e. The van der Waals surface area contributed by atoms with E-state index in [1.165, 1.54) is 19.3 Å². The van der Waals surface area contributed by atoms with Gasteiger partial charge in [0, 0.05) is 19.2 Å². The number of anilines is 1. The quantitative estimate of drug-likeness (QED) is 0.789. The van der Waals surface area contributed by atoms with Crippen molar-refractivity contribution in [2.75, 3.05) is 11.9 Å². The van der Waals surface area contributed by atoms with E-state index in [2.05, 4.69) is 22.4 Å².